The van der Waals surface area contributed by atoms with E-state index < -0.39 is 10.0 Å². The standard InChI is InChI=1S/C11H17N3O2S/c1-12-8-10-4-5-11(13-9-10)17(15,16)14-6-2-3-7-14/h4-5,9,12H,2-3,6-8H2,1H3. The third-order valence-electron chi connectivity index (χ3n) is 2.85. The lowest BCUT2D eigenvalue weighted by Crippen LogP contribution is -2.28. The highest BCUT2D eigenvalue weighted by Gasteiger charge is 2.27. The Morgan fingerprint density at radius 2 is 2.06 bits per heavy atom. The van der Waals surface area contributed by atoms with Crippen LogP contribution in [0.25, 0.3) is 0 Å². The zero-order valence-corrected chi connectivity index (χ0v) is 10.7. The molecule has 2 rings (SSSR count). The highest BCUT2D eigenvalue weighted by Crippen LogP contribution is 2.19. The number of hydrogen-bond acceptors (Lipinski definition) is 4. The molecule has 1 aliphatic rings. The number of rotatable bonds is 4. The molecule has 94 valence electrons. The summed E-state index contributed by atoms with van der Waals surface area (Å²) in [6, 6.07) is 3.38. The third-order valence-corrected chi connectivity index (χ3v) is 4.66. The van der Waals surface area contributed by atoms with E-state index in [9.17, 15) is 8.42 Å². The Kier molecular flexibility index (Phi) is 3.76. The van der Waals surface area contributed by atoms with E-state index in [1.54, 1.807) is 18.3 Å². The van der Waals surface area contributed by atoms with Crippen LogP contribution in [0.4, 0.5) is 0 Å². The first-order valence-electron chi connectivity index (χ1n) is 5.74. The summed E-state index contributed by atoms with van der Waals surface area (Å²) in [6.07, 6.45) is 3.49. The molecule has 0 amide bonds. The maximum atomic E-state index is 12.2. The van der Waals surface area contributed by atoms with Crippen LogP contribution in [0.5, 0.6) is 0 Å². The van der Waals surface area contributed by atoms with E-state index in [1.807, 2.05) is 7.05 Å². The Hall–Kier alpha value is -0.980. The minimum absolute atomic E-state index is 0.152. The minimum atomic E-state index is -3.37. The molecule has 0 unspecified atom stereocenters. The van der Waals surface area contributed by atoms with E-state index in [1.165, 1.54) is 4.31 Å². The van der Waals surface area contributed by atoms with E-state index in [2.05, 4.69) is 10.3 Å². The van der Waals surface area contributed by atoms with Crippen molar-refractivity contribution in [1.82, 2.24) is 14.6 Å². The van der Waals surface area contributed by atoms with Gasteiger partial charge in [0.05, 0.1) is 0 Å². The van der Waals surface area contributed by atoms with Crippen LogP contribution in [0, 0.1) is 0 Å². The predicted octanol–water partition coefficient (Wildman–Crippen LogP) is 0.585. The number of pyridine rings is 1. The average molecular weight is 255 g/mol. The fourth-order valence-corrected chi connectivity index (χ4v) is 3.36. The Morgan fingerprint density at radius 1 is 1.35 bits per heavy atom. The summed E-state index contributed by atoms with van der Waals surface area (Å²) < 4.78 is 25.8. The molecule has 0 spiro atoms. The largest absolute Gasteiger partial charge is 0.316 e. The fourth-order valence-electron chi connectivity index (χ4n) is 1.93. The Bertz CT molecular complexity index is 464. The van der Waals surface area contributed by atoms with Gasteiger partial charge in [0.25, 0.3) is 10.0 Å². The van der Waals surface area contributed by atoms with Crippen molar-refractivity contribution in [3.8, 4) is 0 Å². The quantitative estimate of drug-likeness (QED) is 0.855. The summed E-state index contributed by atoms with van der Waals surface area (Å²) in [6.45, 7) is 1.92. The van der Waals surface area contributed by atoms with Crippen LogP contribution in [0.3, 0.4) is 0 Å². The highest BCUT2D eigenvalue weighted by atomic mass is 32.2. The summed E-state index contributed by atoms with van der Waals surface area (Å²) >= 11 is 0. The summed E-state index contributed by atoms with van der Waals surface area (Å²) in [5, 5.41) is 3.15. The van der Waals surface area contributed by atoms with Crippen LogP contribution in [-0.2, 0) is 16.6 Å². The third kappa shape index (κ3) is 2.65. The molecule has 0 aromatic carbocycles. The first-order chi connectivity index (χ1) is 8.14. The second kappa shape index (κ2) is 5.12. The van der Waals surface area contributed by atoms with Gasteiger partial charge in [-0.05, 0) is 31.5 Å². The van der Waals surface area contributed by atoms with E-state index in [0.717, 1.165) is 18.4 Å². The van der Waals surface area contributed by atoms with Crippen LogP contribution in [0.2, 0.25) is 0 Å². The van der Waals surface area contributed by atoms with E-state index >= 15 is 0 Å². The molecule has 0 bridgehead atoms. The number of hydrogen-bond donors (Lipinski definition) is 1. The summed E-state index contributed by atoms with van der Waals surface area (Å²) in [5.74, 6) is 0. The molecule has 1 fully saturated rings. The van der Waals surface area contributed by atoms with Crippen LogP contribution < -0.4 is 5.32 Å². The monoisotopic (exact) mass is 255 g/mol. The van der Waals surface area contributed by atoms with Crippen molar-refractivity contribution in [3.63, 3.8) is 0 Å². The lowest BCUT2D eigenvalue weighted by atomic mass is 10.3. The molecule has 6 heteroatoms. The van der Waals surface area contributed by atoms with Gasteiger partial charge >= 0.3 is 0 Å². The molecular weight excluding hydrogens is 238 g/mol. The molecule has 1 aromatic heterocycles. The average Bonchev–Trinajstić information content (AvgIpc) is 2.84. The number of nitrogens with one attached hydrogen (secondary N) is 1. The number of sulfonamides is 1. The molecule has 1 aromatic rings. The van der Waals surface area contributed by atoms with E-state index in [0.29, 0.717) is 19.6 Å². The summed E-state index contributed by atoms with van der Waals surface area (Å²) in [5.41, 5.74) is 0.980. The zero-order chi connectivity index (χ0) is 12.3. The molecule has 1 saturated heterocycles. The zero-order valence-electron chi connectivity index (χ0n) is 9.89. The van der Waals surface area contributed by atoms with Crippen molar-refractivity contribution in [1.29, 1.82) is 0 Å². The Morgan fingerprint density at radius 3 is 2.59 bits per heavy atom. The maximum absolute atomic E-state index is 12.2. The number of nitrogens with zero attached hydrogens (tertiary/aromatic N) is 2. The van der Waals surface area contributed by atoms with Gasteiger partial charge in [0, 0.05) is 25.8 Å². The van der Waals surface area contributed by atoms with Crippen molar-refractivity contribution in [3.05, 3.63) is 23.9 Å². The minimum Gasteiger partial charge on any atom is -0.316 e. The van der Waals surface area contributed by atoms with Crippen molar-refractivity contribution in [2.45, 2.75) is 24.4 Å². The maximum Gasteiger partial charge on any atom is 0.260 e. The predicted molar refractivity (Wildman–Crippen MR) is 65.0 cm³/mol. The first-order valence-corrected chi connectivity index (χ1v) is 7.18. The van der Waals surface area contributed by atoms with Crippen molar-refractivity contribution < 1.29 is 8.42 Å². The SMILES string of the molecule is CNCc1ccc(S(=O)(=O)N2CCCC2)nc1. The normalized spacial score (nSPS) is 17.5. The molecular formula is C11H17N3O2S. The molecule has 5 nitrogen and oxygen atoms in total. The molecule has 0 saturated carbocycles. The molecule has 0 aliphatic carbocycles. The van der Waals surface area contributed by atoms with Crippen molar-refractivity contribution in [2.75, 3.05) is 20.1 Å². The molecule has 1 aliphatic heterocycles. The van der Waals surface area contributed by atoms with Crippen LogP contribution in [0.1, 0.15) is 18.4 Å². The Labute approximate surface area is 102 Å². The second-order valence-corrected chi connectivity index (χ2v) is 6.03. The van der Waals surface area contributed by atoms with Gasteiger partial charge < -0.3 is 5.32 Å². The molecule has 0 radical (unpaired) electrons. The van der Waals surface area contributed by atoms with E-state index in [4.69, 9.17) is 0 Å². The van der Waals surface area contributed by atoms with Crippen LogP contribution in [-0.4, -0.2) is 37.8 Å². The molecule has 1 N–H and O–H groups in total. The lowest BCUT2D eigenvalue weighted by Gasteiger charge is -2.14. The van der Waals surface area contributed by atoms with Gasteiger partial charge in [-0.15, -0.1) is 0 Å². The topological polar surface area (TPSA) is 62.3 Å². The Balaban J connectivity index is 2.21. The highest BCUT2D eigenvalue weighted by molar-refractivity contribution is 7.89. The first kappa shape index (κ1) is 12.5. The van der Waals surface area contributed by atoms with Crippen molar-refractivity contribution in [2.24, 2.45) is 0 Å². The van der Waals surface area contributed by atoms with Gasteiger partial charge in [-0.3, -0.25) is 0 Å². The molecule has 2 heterocycles. The van der Waals surface area contributed by atoms with Gasteiger partial charge in [0.2, 0.25) is 0 Å². The van der Waals surface area contributed by atoms with Gasteiger partial charge in [-0.2, -0.15) is 4.31 Å². The summed E-state index contributed by atoms with van der Waals surface area (Å²) in [7, 11) is -1.53. The van der Waals surface area contributed by atoms with Crippen LogP contribution in [0.15, 0.2) is 23.4 Å². The smallest absolute Gasteiger partial charge is 0.260 e. The lowest BCUT2D eigenvalue weighted by molar-refractivity contribution is 0.474. The van der Waals surface area contributed by atoms with Gasteiger partial charge in [-0.1, -0.05) is 6.07 Å². The van der Waals surface area contributed by atoms with Gasteiger partial charge in [0.1, 0.15) is 0 Å². The fraction of sp³-hybridized carbons (Fsp3) is 0.545. The van der Waals surface area contributed by atoms with Gasteiger partial charge in [-0.25, -0.2) is 13.4 Å². The second-order valence-electron chi connectivity index (χ2n) is 4.15. The van der Waals surface area contributed by atoms with E-state index in [-0.39, 0.29) is 5.03 Å². The van der Waals surface area contributed by atoms with Crippen LogP contribution >= 0.6 is 0 Å². The van der Waals surface area contributed by atoms with Crippen molar-refractivity contribution >= 4 is 10.0 Å². The number of aromatic nitrogens is 1. The molecule has 17 heavy (non-hydrogen) atoms. The van der Waals surface area contributed by atoms with Gasteiger partial charge in [0.15, 0.2) is 5.03 Å². The summed E-state index contributed by atoms with van der Waals surface area (Å²) in [4.78, 5) is 4.04. The molecule has 0 atom stereocenters.